The van der Waals surface area contributed by atoms with Crippen molar-refractivity contribution in [3.05, 3.63) is 28.8 Å². The molecule has 2 aliphatic rings. The van der Waals surface area contributed by atoms with Crippen molar-refractivity contribution in [1.29, 1.82) is 0 Å². The van der Waals surface area contributed by atoms with Crippen LogP contribution in [0.25, 0.3) is 0 Å². The molecule has 0 aromatic heterocycles. The molecule has 1 aromatic rings. The molecule has 3 nitrogen and oxygen atoms in total. The quantitative estimate of drug-likeness (QED) is 0.931. The van der Waals surface area contributed by atoms with E-state index in [0.717, 1.165) is 49.7 Å². The van der Waals surface area contributed by atoms with Gasteiger partial charge < -0.3 is 14.7 Å². The summed E-state index contributed by atoms with van der Waals surface area (Å²) >= 11 is 6.08. The summed E-state index contributed by atoms with van der Waals surface area (Å²) in [5.74, 6) is 1.00. The Bertz CT molecular complexity index is 522. The molecule has 21 heavy (non-hydrogen) atoms. The lowest BCUT2D eigenvalue weighted by Crippen LogP contribution is -2.49. The van der Waals surface area contributed by atoms with Crippen LogP contribution in [0, 0.1) is 5.41 Å². The SMILES string of the molecule is CC(C)(CO)CN1CCC2(CC1)Cc1cc(Cl)ccc1O2. The molecular formula is C17H24ClNO2. The first-order valence-electron chi connectivity index (χ1n) is 7.72. The first-order chi connectivity index (χ1) is 9.91. The molecular weight excluding hydrogens is 286 g/mol. The lowest BCUT2D eigenvalue weighted by Gasteiger charge is -2.41. The molecule has 0 radical (unpaired) electrons. The van der Waals surface area contributed by atoms with Gasteiger partial charge in [0.15, 0.2) is 0 Å². The van der Waals surface area contributed by atoms with E-state index in [9.17, 15) is 5.11 Å². The molecule has 0 saturated carbocycles. The maximum atomic E-state index is 9.41. The van der Waals surface area contributed by atoms with Gasteiger partial charge in [0.1, 0.15) is 11.4 Å². The van der Waals surface area contributed by atoms with Gasteiger partial charge in [-0.1, -0.05) is 25.4 Å². The summed E-state index contributed by atoms with van der Waals surface area (Å²) in [6.07, 6.45) is 3.06. The number of fused-ring (bicyclic) bond motifs is 1. The number of halogens is 1. The minimum absolute atomic E-state index is 0.0302. The summed E-state index contributed by atoms with van der Waals surface area (Å²) in [6.45, 7) is 7.46. The Labute approximate surface area is 131 Å². The number of nitrogens with zero attached hydrogens (tertiary/aromatic N) is 1. The van der Waals surface area contributed by atoms with E-state index in [-0.39, 0.29) is 17.6 Å². The molecule has 1 spiro atoms. The third-order valence-electron chi connectivity index (χ3n) is 4.71. The van der Waals surface area contributed by atoms with Crippen LogP contribution in [0.4, 0.5) is 0 Å². The van der Waals surface area contributed by atoms with Crippen LogP contribution in [0.1, 0.15) is 32.3 Å². The van der Waals surface area contributed by atoms with Crippen LogP contribution in [-0.2, 0) is 6.42 Å². The highest BCUT2D eigenvalue weighted by molar-refractivity contribution is 6.30. The van der Waals surface area contributed by atoms with Gasteiger partial charge in [-0.05, 0) is 23.8 Å². The molecule has 116 valence electrons. The molecule has 0 atom stereocenters. The molecule has 0 bridgehead atoms. The Balaban J connectivity index is 1.62. The lowest BCUT2D eigenvalue weighted by atomic mass is 9.85. The van der Waals surface area contributed by atoms with Gasteiger partial charge in [-0.15, -0.1) is 0 Å². The largest absolute Gasteiger partial charge is 0.487 e. The van der Waals surface area contributed by atoms with Crippen LogP contribution in [0.15, 0.2) is 18.2 Å². The van der Waals surface area contributed by atoms with Gasteiger partial charge in [0, 0.05) is 55.9 Å². The van der Waals surface area contributed by atoms with Crippen molar-refractivity contribution in [2.45, 2.75) is 38.7 Å². The van der Waals surface area contributed by atoms with Crippen molar-refractivity contribution < 1.29 is 9.84 Å². The van der Waals surface area contributed by atoms with E-state index >= 15 is 0 Å². The number of rotatable bonds is 3. The van der Waals surface area contributed by atoms with Crippen LogP contribution in [0.5, 0.6) is 5.75 Å². The van der Waals surface area contributed by atoms with Crippen molar-refractivity contribution in [3.63, 3.8) is 0 Å². The maximum Gasteiger partial charge on any atom is 0.123 e. The summed E-state index contributed by atoms with van der Waals surface area (Å²) in [5.41, 5.74) is 1.18. The van der Waals surface area contributed by atoms with E-state index in [4.69, 9.17) is 16.3 Å². The molecule has 1 aromatic carbocycles. The van der Waals surface area contributed by atoms with Crippen molar-refractivity contribution in [3.8, 4) is 5.75 Å². The van der Waals surface area contributed by atoms with Gasteiger partial charge in [-0.2, -0.15) is 0 Å². The second-order valence-corrected chi connectivity index (χ2v) is 7.75. The zero-order chi connectivity index (χ0) is 15.1. The smallest absolute Gasteiger partial charge is 0.123 e. The van der Waals surface area contributed by atoms with Crippen molar-refractivity contribution in [2.24, 2.45) is 5.41 Å². The topological polar surface area (TPSA) is 32.7 Å². The van der Waals surface area contributed by atoms with Gasteiger partial charge in [-0.3, -0.25) is 0 Å². The Hall–Kier alpha value is -0.770. The first kappa shape index (κ1) is 15.1. The molecule has 0 amide bonds. The van der Waals surface area contributed by atoms with E-state index in [2.05, 4.69) is 18.7 Å². The fourth-order valence-electron chi connectivity index (χ4n) is 3.45. The fraction of sp³-hybridized carbons (Fsp3) is 0.647. The van der Waals surface area contributed by atoms with Crippen molar-refractivity contribution in [2.75, 3.05) is 26.2 Å². The summed E-state index contributed by atoms with van der Waals surface area (Å²) in [5, 5.41) is 10.2. The van der Waals surface area contributed by atoms with E-state index in [1.165, 1.54) is 5.56 Å². The Morgan fingerprint density at radius 1 is 1.33 bits per heavy atom. The van der Waals surface area contributed by atoms with Gasteiger partial charge in [0.05, 0.1) is 0 Å². The molecule has 1 N–H and O–H groups in total. The van der Waals surface area contributed by atoms with E-state index in [0.29, 0.717) is 0 Å². The summed E-state index contributed by atoms with van der Waals surface area (Å²) in [4.78, 5) is 2.45. The standard InChI is InChI=1S/C17H24ClNO2/c1-16(2,12-20)11-19-7-5-17(6-8-19)10-13-9-14(18)3-4-15(13)21-17/h3-4,9,20H,5-8,10-12H2,1-2H3. The number of aliphatic hydroxyl groups is 1. The third kappa shape index (κ3) is 3.20. The second kappa shape index (κ2) is 5.45. The van der Waals surface area contributed by atoms with Crippen LogP contribution < -0.4 is 4.74 Å². The molecule has 2 aliphatic heterocycles. The number of benzene rings is 1. The molecule has 2 heterocycles. The van der Waals surface area contributed by atoms with Gasteiger partial charge in [0.2, 0.25) is 0 Å². The minimum atomic E-state index is -0.0348. The minimum Gasteiger partial charge on any atom is -0.487 e. The predicted octanol–water partition coefficient (Wildman–Crippen LogP) is 3.13. The molecule has 1 fully saturated rings. The second-order valence-electron chi connectivity index (χ2n) is 7.31. The highest BCUT2D eigenvalue weighted by Crippen LogP contribution is 2.42. The summed E-state index contributed by atoms with van der Waals surface area (Å²) < 4.78 is 6.26. The van der Waals surface area contributed by atoms with Crippen LogP contribution in [0.2, 0.25) is 5.02 Å². The van der Waals surface area contributed by atoms with Gasteiger partial charge in [-0.25, -0.2) is 0 Å². The number of likely N-dealkylation sites (tertiary alicyclic amines) is 1. The van der Waals surface area contributed by atoms with Crippen LogP contribution in [-0.4, -0.2) is 41.8 Å². The zero-order valence-corrected chi connectivity index (χ0v) is 13.6. The monoisotopic (exact) mass is 309 g/mol. The maximum absolute atomic E-state index is 9.41. The fourth-order valence-corrected chi connectivity index (χ4v) is 3.65. The highest BCUT2D eigenvalue weighted by atomic mass is 35.5. The van der Waals surface area contributed by atoms with Crippen LogP contribution in [0.3, 0.4) is 0 Å². The normalized spacial score (nSPS) is 21.3. The Morgan fingerprint density at radius 2 is 2.05 bits per heavy atom. The summed E-state index contributed by atoms with van der Waals surface area (Å²) in [6, 6.07) is 5.93. The van der Waals surface area contributed by atoms with E-state index in [1.54, 1.807) is 0 Å². The zero-order valence-electron chi connectivity index (χ0n) is 12.9. The number of ether oxygens (including phenoxy) is 1. The average molecular weight is 310 g/mol. The van der Waals surface area contributed by atoms with Crippen molar-refractivity contribution in [1.82, 2.24) is 4.90 Å². The average Bonchev–Trinajstić information content (AvgIpc) is 2.79. The number of piperidine rings is 1. The lowest BCUT2D eigenvalue weighted by molar-refractivity contribution is 0.00221. The molecule has 0 unspecified atom stereocenters. The summed E-state index contributed by atoms with van der Waals surface area (Å²) in [7, 11) is 0. The number of hydrogen-bond donors (Lipinski definition) is 1. The van der Waals surface area contributed by atoms with Crippen LogP contribution >= 0.6 is 11.6 Å². The molecule has 1 saturated heterocycles. The van der Waals surface area contributed by atoms with Gasteiger partial charge >= 0.3 is 0 Å². The molecule has 3 rings (SSSR count). The highest BCUT2D eigenvalue weighted by Gasteiger charge is 2.42. The van der Waals surface area contributed by atoms with E-state index < -0.39 is 0 Å². The van der Waals surface area contributed by atoms with Crippen molar-refractivity contribution >= 4 is 11.6 Å². The van der Waals surface area contributed by atoms with Gasteiger partial charge in [0.25, 0.3) is 0 Å². The molecule has 4 heteroatoms. The third-order valence-corrected chi connectivity index (χ3v) is 4.94. The Kier molecular flexibility index (Phi) is 3.93. The predicted molar refractivity (Wildman–Crippen MR) is 85.1 cm³/mol. The van der Waals surface area contributed by atoms with E-state index in [1.807, 2.05) is 18.2 Å². The number of hydrogen-bond acceptors (Lipinski definition) is 3. The molecule has 0 aliphatic carbocycles. The number of aliphatic hydroxyl groups excluding tert-OH is 1. The Morgan fingerprint density at radius 3 is 2.71 bits per heavy atom. The first-order valence-corrected chi connectivity index (χ1v) is 8.10.